The number of hydrogen-bond donors (Lipinski definition) is 3. The van der Waals surface area contributed by atoms with Crippen molar-refractivity contribution in [3.8, 4) is 0 Å². The van der Waals surface area contributed by atoms with E-state index in [0.29, 0.717) is 24.2 Å². The molecule has 0 aliphatic carbocycles. The lowest BCUT2D eigenvalue weighted by Crippen LogP contribution is -2.57. The number of nitrogens with zero attached hydrogens (tertiary/aromatic N) is 1. The average Bonchev–Trinajstić information content (AvgIpc) is 3.48. The molecule has 2 aromatic rings. The second-order valence-electron chi connectivity index (χ2n) is 11.5. The highest BCUT2D eigenvalue weighted by molar-refractivity contribution is 9.09. The molecule has 0 aromatic heterocycles. The molecule has 208 valence electrons. The van der Waals surface area contributed by atoms with Gasteiger partial charge in [-0.15, -0.1) is 0 Å². The van der Waals surface area contributed by atoms with Crippen molar-refractivity contribution < 1.29 is 24.2 Å². The van der Waals surface area contributed by atoms with Gasteiger partial charge in [-0.2, -0.15) is 0 Å². The summed E-state index contributed by atoms with van der Waals surface area (Å²) in [7, 11) is 0. The SMILES string of the molecule is Cc1cccc(C)c1NC(=O)C1N([C@@H](CO)CC(C)C)C(=O)[C@@H]2[C@H](C(=O)Nc3ccccc3)[C@H]3OC12CC3Br. The van der Waals surface area contributed by atoms with E-state index in [1.807, 2.05) is 64.1 Å². The van der Waals surface area contributed by atoms with Gasteiger partial charge in [-0.25, -0.2) is 0 Å². The normalized spacial score (nSPS) is 30.0. The number of halogens is 1. The minimum Gasteiger partial charge on any atom is -0.394 e. The summed E-state index contributed by atoms with van der Waals surface area (Å²) in [6.07, 6.45) is 0.364. The third kappa shape index (κ3) is 4.68. The van der Waals surface area contributed by atoms with Crippen LogP contribution in [0.15, 0.2) is 48.5 Å². The number of benzene rings is 2. The highest BCUT2D eigenvalue weighted by atomic mass is 79.9. The Morgan fingerprint density at radius 2 is 1.74 bits per heavy atom. The van der Waals surface area contributed by atoms with Crippen molar-refractivity contribution in [2.24, 2.45) is 17.8 Å². The lowest BCUT2D eigenvalue weighted by Gasteiger charge is -2.37. The van der Waals surface area contributed by atoms with Crippen molar-refractivity contribution in [2.45, 2.75) is 69.2 Å². The number of amides is 3. The van der Waals surface area contributed by atoms with Crippen molar-refractivity contribution in [1.82, 2.24) is 4.90 Å². The molecule has 3 unspecified atom stereocenters. The predicted molar refractivity (Wildman–Crippen MR) is 152 cm³/mol. The number of carbonyl (C=O) groups excluding carboxylic acids is 3. The van der Waals surface area contributed by atoms with E-state index in [0.717, 1.165) is 11.1 Å². The molecule has 9 heteroatoms. The zero-order valence-corrected chi connectivity index (χ0v) is 24.3. The topological polar surface area (TPSA) is 108 Å². The first kappa shape index (κ1) is 27.8. The van der Waals surface area contributed by atoms with E-state index in [9.17, 15) is 19.5 Å². The van der Waals surface area contributed by atoms with Crippen LogP contribution in [0.2, 0.25) is 0 Å². The third-order valence-corrected chi connectivity index (χ3v) is 9.24. The van der Waals surface area contributed by atoms with Crippen molar-refractivity contribution >= 4 is 45.0 Å². The molecule has 5 rings (SSSR count). The maximum Gasteiger partial charge on any atom is 0.250 e. The number of para-hydroxylation sites is 2. The van der Waals surface area contributed by atoms with Gasteiger partial charge in [-0.05, 0) is 55.9 Å². The Morgan fingerprint density at radius 3 is 2.36 bits per heavy atom. The molecule has 3 fully saturated rings. The minimum absolute atomic E-state index is 0.175. The van der Waals surface area contributed by atoms with Gasteiger partial charge in [0, 0.05) is 16.2 Å². The quantitative estimate of drug-likeness (QED) is 0.398. The molecule has 3 amide bonds. The van der Waals surface area contributed by atoms with Crippen LogP contribution in [0.5, 0.6) is 0 Å². The first-order valence-electron chi connectivity index (χ1n) is 13.6. The number of likely N-dealkylation sites (tertiary alicyclic amines) is 1. The lowest BCUT2D eigenvalue weighted by atomic mass is 9.70. The number of aliphatic hydroxyl groups is 1. The van der Waals surface area contributed by atoms with Crippen LogP contribution in [0.1, 0.15) is 37.8 Å². The minimum atomic E-state index is -1.19. The molecule has 39 heavy (non-hydrogen) atoms. The number of alkyl halides is 1. The van der Waals surface area contributed by atoms with Crippen LogP contribution in [0.3, 0.4) is 0 Å². The number of fused-ring (bicyclic) bond motifs is 1. The monoisotopic (exact) mass is 597 g/mol. The Bertz CT molecular complexity index is 1250. The summed E-state index contributed by atoms with van der Waals surface area (Å²) in [5.41, 5.74) is 1.94. The molecule has 1 spiro atoms. The van der Waals surface area contributed by atoms with Crippen molar-refractivity contribution in [2.75, 3.05) is 17.2 Å². The number of anilines is 2. The van der Waals surface area contributed by atoms with E-state index >= 15 is 0 Å². The summed E-state index contributed by atoms with van der Waals surface area (Å²) >= 11 is 3.71. The number of ether oxygens (including phenoxy) is 1. The highest BCUT2D eigenvalue weighted by Crippen LogP contribution is 2.60. The molecule has 0 radical (unpaired) electrons. The van der Waals surface area contributed by atoms with E-state index in [-0.39, 0.29) is 35.1 Å². The molecule has 3 aliphatic rings. The summed E-state index contributed by atoms with van der Waals surface area (Å²) < 4.78 is 6.59. The van der Waals surface area contributed by atoms with E-state index in [2.05, 4.69) is 26.6 Å². The number of rotatable bonds is 8. The van der Waals surface area contributed by atoms with Crippen LogP contribution in [0, 0.1) is 31.6 Å². The van der Waals surface area contributed by atoms with Gasteiger partial charge in [-0.1, -0.05) is 66.2 Å². The zero-order valence-electron chi connectivity index (χ0n) is 22.7. The smallest absolute Gasteiger partial charge is 0.250 e. The van der Waals surface area contributed by atoms with Gasteiger partial charge in [0.1, 0.15) is 11.6 Å². The lowest BCUT2D eigenvalue weighted by molar-refractivity contribution is -0.143. The standard InChI is InChI=1S/C30H36BrN3O5/c1-16(2)13-20(15-35)34-26(28(37)33-24-17(3)9-8-10-18(24)4)30-14-21(31)25(39-30)22(23(30)29(34)38)27(36)32-19-11-6-5-7-12-19/h5-12,16,20-23,25-26,35H,13-15H2,1-4H3,(H,32,36)(H,33,37)/t20-,21?,22+,23+,25+,26?,30?/m1/s1. The van der Waals surface area contributed by atoms with Gasteiger partial charge in [-0.3, -0.25) is 14.4 Å². The van der Waals surface area contributed by atoms with Gasteiger partial charge in [0.25, 0.3) is 0 Å². The fraction of sp³-hybridized carbons (Fsp3) is 0.500. The van der Waals surface area contributed by atoms with Crippen molar-refractivity contribution in [3.63, 3.8) is 0 Å². The van der Waals surface area contributed by atoms with Crippen LogP contribution in [0.25, 0.3) is 0 Å². The Morgan fingerprint density at radius 1 is 1.08 bits per heavy atom. The number of hydrogen-bond acceptors (Lipinski definition) is 5. The highest BCUT2D eigenvalue weighted by Gasteiger charge is 2.77. The van der Waals surface area contributed by atoms with Crippen molar-refractivity contribution in [1.29, 1.82) is 0 Å². The summed E-state index contributed by atoms with van der Waals surface area (Å²) in [5, 5.41) is 16.5. The molecule has 0 saturated carbocycles. The van der Waals surface area contributed by atoms with Gasteiger partial charge < -0.3 is 25.4 Å². The van der Waals surface area contributed by atoms with E-state index in [1.54, 1.807) is 12.1 Å². The van der Waals surface area contributed by atoms with Gasteiger partial charge in [0.15, 0.2) is 0 Å². The zero-order chi connectivity index (χ0) is 28.1. The summed E-state index contributed by atoms with van der Waals surface area (Å²) in [6.45, 7) is 7.59. The molecular formula is C30H36BrN3O5. The molecule has 7 atom stereocenters. The molecular weight excluding hydrogens is 562 g/mol. The summed E-state index contributed by atoms with van der Waals surface area (Å²) in [4.78, 5) is 43.5. The summed E-state index contributed by atoms with van der Waals surface area (Å²) in [6, 6.07) is 13.3. The Balaban J connectivity index is 1.56. The second kappa shape index (κ2) is 10.7. The molecule has 8 nitrogen and oxygen atoms in total. The number of aliphatic hydroxyl groups excluding tert-OH is 1. The Kier molecular flexibility index (Phi) is 7.61. The maximum atomic E-state index is 14.3. The largest absolute Gasteiger partial charge is 0.394 e. The molecule has 2 aromatic carbocycles. The molecule has 3 N–H and O–H groups in total. The van der Waals surface area contributed by atoms with Crippen LogP contribution in [-0.2, 0) is 19.1 Å². The average molecular weight is 599 g/mol. The van der Waals surface area contributed by atoms with Gasteiger partial charge in [0.2, 0.25) is 17.7 Å². The molecule has 3 heterocycles. The third-order valence-electron chi connectivity index (χ3n) is 8.40. The number of aryl methyl sites for hydroxylation is 2. The molecule has 2 bridgehead atoms. The number of carbonyl (C=O) groups is 3. The Labute approximate surface area is 237 Å². The molecule has 3 aliphatic heterocycles. The van der Waals surface area contributed by atoms with Crippen LogP contribution >= 0.6 is 15.9 Å². The van der Waals surface area contributed by atoms with E-state index in [4.69, 9.17) is 4.74 Å². The first-order chi connectivity index (χ1) is 18.6. The predicted octanol–water partition coefficient (Wildman–Crippen LogP) is 4.04. The van der Waals surface area contributed by atoms with Crippen LogP contribution in [-0.4, -0.2) is 63.0 Å². The fourth-order valence-corrected chi connectivity index (χ4v) is 7.77. The second-order valence-corrected chi connectivity index (χ2v) is 12.7. The van der Waals surface area contributed by atoms with Crippen LogP contribution in [0.4, 0.5) is 11.4 Å². The number of nitrogens with one attached hydrogen (secondary N) is 2. The van der Waals surface area contributed by atoms with Gasteiger partial charge in [0.05, 0.1) is 30.6 Å². The van der Waals surface area contributed by atoms with Gasteiger partial charge >= 0.3 is 0 Å². The maximum absolute atomic E-state index is 14.3. The van der Waals surface area contributed by atoms with Crippen LogP contribution < -0.4 is 10.6 Å². The van der Waals surface area contributed by atoms with E-state index < -0.39 is 35.6 Å². The summed E-state index contributed by atoms with van der Waals surface area (Å²) in [5.74, 6) is -2.43. The first-order valence-corrected chi connectivity index (χ1v) is 14.5. The van der Waals surface area contributed by atoms with E-state index in [1.165, 1.54) is 4.90 Å². The fourth-order valence-electron chi connectivity index (χ4n) is 6.83. The molecule has 3 saturated heterocycles. The van der Waals surface area contributed by atoms with Crippen molar-refractivity contribution in [3.05, 3.63) is 59.7 Å². The Hall–Kier alpha value is -2.75.